The summed E-state index contributed by atoms with van der Waals surface area (Å²) in [5, 5.41) is 0. The van der Waals surface area contributed by atoms with Crippen molar-refractivity contribution >= 4 is 21.6 Å². The summed E-state index contributed by atoms with van der Waals surface area (Å²) in [4.78, 5) is 0. The summed E-state index contributed by atoms with van der Waals surface area (Å²) in [7, 11) is -1.62. The molecule has 0 radical (unpaired) electrons. The molecule has 1 rings (SSSR count). The zero-order chi connectivity index (χ0) is 14.8. The van der Waals surface area contributed by atoms with Crippen LogP contribution in [0.4, 0.5) is 0 Å². The van der Waals surface area contributed by atoms with Gasteiger partial charge in [-0.1, -0.05) is 26.7 Å². The maximum absolute atomic E-state index is 11.8. The van der Waals surface area contributed by atoms with Gasteiger partial charge in [-0.3, -0.25) is 8.42 Å². The standard InChI is InChI=1S/C14H28O4S2/c1-3-5-7-19(15)11-13-9-18-14(10-17-13)12-20(16)8-6-4-2/h13-14H,3-12H2,1-2H3/t13-,14+,19-,20-/m0/s1. The summed E-state index contributed by atoms with van der Waals surface area (Å²) < 4.78 is 34.9. The van der Waals surface area contributed by atoms with E-state index in [2.05, 4.69) is 13.8 Å². The van der Waals surface area contributed by atoms with Crippen LogP contribution in [-0.4, -0.2) is 56.9 Å². The van der Waals surface area contributed by atoms with E-state index in [4.69, 9.17) is 9.47 Å². The van der Waals surface area contributed by atoms with Crippen LogP contribution in [0.1, 0.15) is 39.5 Å². The lowest BCUT2D eigenvalue weighted by molar-refractivity contribution is -0.116. The van der Waals surface area contributed by atoms with Gasteiger partial charge >= 0.3 is 0 Å². The zero-order valence-corrected chi connectivity index (χ0v) is 14.3. The Bertz CT molecular complexity index is 272. The van der Waals surface area contributed by atoms with Crippen molar-refractivity contribution in [3.63, 3.8) is 0 Å². The van der Waals surface area contributed by atoms with Crippen LogP contribution in [0.15, 0.2) is 0 Å². The maximum atomic E-state index is 11.8. The Morgan fingerprint density at radius 3 is 1.55 bits per heavy atom. The first kappa shape index (κ1) is 18.3. The van der Waals surface area contributed by atoms with E-state index in [0.717, 1.165) is 37.2 Å². The van der Waals surface area contributed by atoms with Crippen molar-refractivity contribution in [1.82, 2.24) is 0 Å². The quantitative estimate of drug-likeness (QED) is 0.615. The second-order valence-electron chi connectivity index (χ2n) is 5.24. The van der Waals surface area contributed by atoms with E-state index in [1.807, 2.05) is 0 Å². The van der Waals surface area contributed by atoms with Gasteiger partial charge in [0.2, 0.25) is 0 Å². The average Bonchev–Trinajstić information content (AvgIpc) is 2.45. The normalized spacial score (nSPS) is 26.3. The van der Waals surface area contributed by atoms with Crippen molar-refractivity contribution < 1.29 is 17.9 Å². The van der Waals surface area contributed by atoms with Gasteiger partial charge in [-0.05, 0) is 12.8 Å². The highest BCUT2D eigenvalue weighted by molar-refractivity contribution is 7.85. The van der Waals surface area contributed by atoms with Crippen molar-refractivity contribution in [2.75, 3.05) is 36.2 Å². The van der Waals surface area contributed by atoms with Crippen LogP contribution in [-0.2, 0) is 31.1 Å². The summed E-state index contributed by atoms with van der Waals surface area (Å²) in [5.74, 6) is 2.62. The fourth-order valence-electron chi connectivity index (χ4n) is 1.97. The first-order valence-electron chi connectivity index (χ1n) is 7.58. The minimum Gasteiger partial charge on any atom is -0.372 e. The summed E-state index contributed by atoms with van der Waals surface area (Å²) in [6.07, 6.45) is 4.01. The van der Waals surface area contributed by atoms with Gasteiger partial charge in [0, 0.05) is 33.1 Å². The summed E-state index contributed by atoms with van der Waals surface area (Å²) in [6.45, 7) is 5.16. The highest BCUT2D eigenvalue weighted by atomic mass is 32.2. The highest BCUT2D eigenvalue weighted by Crippen LogP contribution is 2.11. The summed E-state index contributed by atoms with van der Waals surface area (Å²) in [5.41, 5.74) is 0. The average molecular weight is 325 g/mol. The molecule has 0 unspecified atom stereocenters. The van der Waals surface area contributed by atoms with Gasteiger partial charge in [-0.25, -0.2) is 0 Å². The van der Waals surface area contributed by atoms with E-state index in [9.17, 15) is 8.42 Å². The molecule has 6 heteroatoms. The minimum atomic E-state index is -0.809. The van der Waals surface area contributed by atoms with Crippen molar-refractivity contribution in [3.8, 4) is 0 Å². The molecule has 0 aromatic rings. The van der Waals surface area contributed by atoms with Crippen LogP contribution in [0.3, 0.4) is 0 Å². The molecule has 120 valence electrons. The second-order valence-corrected chi connectivity index (χ2v) is 8.48. The van der Waals surface area contributed by atoms with E-state index < -0.39 is 21.6 Å². The van der Waals surface area contributed by atoms with Crippen LogP contribution >= 0.6 is 0 Å². The molecule has 1 fully saturated rings. The highest BCUT2D eigenvalue weighted by Gasteiger charge is 2.24. The molecule has 1 heterocycles. The van der Waals surface area contributed by atoms with E-state index >= 15 is 0 Å². The minimum absolute atomic E-state index is 0.0620. The molecule has 0 bridgehead atoms. The topological polar surface area (TPSA) is 52.6 Å². The van der Waals surface area contributed by atoms with Crippen LogP contribution in [0.25, 0.3) is 0 Å². The van der Waals surface area contributed by atoms with Crippen LogP contribution in [0.2, 0.25) is 0 Å². The molecule has 0 N–H and O–H groups in total. The predicted octanol–water partition coefficient (Wildman–Crippen LogP) is 1.87. The molecule has 0 amide bonds. The Hall–Kier alpha value is 0.220. The molecule has 0 spiro atoms. The lowest BCUT2D eigenvalue weighted by Gasteiger charge is -2.29. The van der Waals surface area contributed by atoms with Crippen molar-refractivity contribution in [2.24, 2.45) is 0 Å². The van der Waals surface area contributed by atoms with Crippen LogP contribution in [0.5, 0.6) is 0 Å². The monoisotopic (exact) mass is 324 g/mol. The zero-order valence-electron chi connectivity index (χ0n) is 12.7. The first-order valence-corrected chi connectivity index (χ1v) is 10.6. The van der Waals surface area contributed by atoms with Crippen LogP contribution in [0, 0.1) is 0 Å². The molecule has 1 aliphatic rings. The Morgan fingerprint density at radius 2 is 1.25 bits per heavy atom. The Morgan fingerprint density at radius 1 is 0.850 bits per heavy atom. The molecule has 1 aliphatic heterocycles. The van der Waals surface area contributed by atoms with E-state index in [1.165, 1.54) is 0 Å². The first-order chi connectivity index (χ1) is 9.65. The Kier molecular flexibility index (Phi) is 9.94. The van der Waals surface area contributed by atoms with Crippen molar-refractivity contribution in [1.29, 1.82) is 0 Å². The molecular formula is C14H28O4S2. The number of unbranched alkanes of at least 4 members (excludes halogenated alkanes) is 2. The number of rotatable bonds is 10. The molecule has 4 nitrogen and oxygen atoms in total. The second kappa shape index (κ2) is 10.9. The largest absolute Gasteiger partial charge is 0.372 e. The molecule has 0 saturated carbocycles. The van der Waals surface area contributed by atoms with Gasteiger partial charge in [-0.2, -0.15) is 0 Å². The molecular weight excluding hydrogens is 296 g/mol. The predicted molar refractivity (Wildman–Crippen MR) is 85.0 cm³/mol. The van der Waals surface area contributed by atoms with Gasteiger partial charge in [0.1, 0.15) is 0 Å². The molecule has 0 aromatic carbocycles. The smallest absolute Gasteiger partial charge is 0.0924 e. The molecule has 4 atom stereocenters. The third-order valence-electron chi connectivity index (χ3n) is 3.23. The van der Waals surface area contributed by atoms with Crippen LogP contribution < -0.4 is 0 Å². The van der Waals surface area contributed by atoms with Gasteiger partial charge in [-0.15, -0.1) is 0 Å². The number of ether oxygens (including phenoxy) is 2. The van der Waals surface area contributed by atoms with Crippen molar-refractivity contribution in [2.45, 2.75) is 51.7 Å². The fourth-order valence-corrected chi connectivity index (χ4v) is 4.74. The van der Waals surface area contributed by atoms with Gasteiger partial charge in [0.15, 0.2) is 0 Å². The number of hydrogen-bond acceptors (Lipinski definition) is 4. The third kappa shape index (κ3) is 7.86. The summed E-state index contributed by atoms with van der Waals surface area (Å²) in [6, 6.07) is 0. The van der Waals surface area contributed by atoms with E-state index in [0.29, 0.717) is 24.7 Å². The Balaban J connectivity index is 2.16. The van der Waals surface area contributed by atoms with Gasteiger partial charge in [0.05, 0.1) is 36.9 Å². The fraction of sp³-hybridized carbons (Fsp3) is 1.00. The molecule has 1 saturated heterocycles. The summed E-state index contributed by atoms with van der Waals surface area (Å²) >= 11 is 0. The molecule has 0 aliphatic carbocycles. The number of hydrogen-bond donors (Lipinski definition) is 0. The maximum Gasteiger partial charge on any atom is 0.0924 e. The van der Waals surface area contributed by atoms with Crippen molar-refractivity contribution in [3.05, 3.63) is 0 Å². The SMILES string of the molecule is CCCC[S@](=O)C[C@H]1CO[C@H](C[S@@](=O)CCCC)CO1. The lowest BCUT2D eigenvalue weighted by atomic mass is 10.3. The van der Waals surface area contributed by atoms with E-state index in [1.54, 1.807) is 0 Å². The molecule has 20 heavy (non-hydrogen) atoms. The van der Waals surface area contributed by atoms with Gasteiger partial charge in [0.25, 0.3) is 0 Å². The lowest BCUT2D eigenvalue weighted by Crippen LogP contribution is -2.41. The van der Waals surface area contributed by atoms with E-state index in [-0.39, 0.29) is 12.2 Å². The molecule has 0 aromatic heterocycles. The Labute approximate surface area is 127 Å². The van der Waals surface area contributed by atoms with Gasteiger partial charge < -0.3 is 9.47 Å². The third-order valence-corrected chi connectivity index (χ3v) is 6.21.